The smallest absolute Gasteiger partial charge is 0.354 e. The molecule has 9 nitrogen and oxygen atoms in total. The molecule has 1 fully saturated rings. The number of H-pyrrole nitrogens is 1. The summed E-state index contributed by atoms with van der Waals surface area (Å²) < 4.78 is 1.56. The van der Waals surface area contributed by atoms with E-state index in [-0.39, 0.29) is 11.7 Å². The van der Waals surface area contributed by atoms with Crippen molar-refractivity contribution in [1.82, 2.24) is 24.8 Å². The molecule has 3 aromatic rings. The van der Waals surface area contributed by atoms with E-state index in [1.807, 2.05) is 37.4 Å². The highest BCUT2D eigenvalue weighted by atomic mass is 16.1. The molecule has 0 radical (unpaired) electrons. The monoisotopic (exact) mass is 464 g/mol. The predicted molar refractivity (Wildman–Crippen MR) is 137 cm³/mol. The lowest BCUT2D eigenvalue weighted by Gasteiger charge is -2.19. The van der Waals surface area contributed by atoms with E-state index in [0.29, 0.717) is 36.4 Å². The fraction of sp³-hybridized carbons (Fsp3) is 0.480. The van der Waals surface area contributed by atoms with Crippen molar-refractivity contribution < 1.29 is 0 Å². The number of nitrogens with one attached hydrogen (secondary N) is 3. The second kappa shape index (κ2) is 10.5. The molecule has 9 heteroatoms. The summed E-state index contributed by atoms with van der Waals surface area (Å²) in [7, 11) is 0. The molecule has 3 atom stereocenters. The lowest BCUT2D eigenvalue weighted by Crippen LogP contribution is -2.29. The molecule has 0 aliphatic carbocycles. The molecule has 4 rings (SSSR count). The molecule has 7 N–H and O–H groups in total. The van der Waals surface area contributed by atoms with Gasteiger partial charge in [0.05, 0.1) is 5.69 Å². The van der Waals surface area contributed by atoms with Crippen LogP contribution in [0.15, 0.2) is 41.3 Å². The summed E-state index contributed by atoms with van der Waals surface area (Å²) in [5.74, 6) is 1.24. The van der Waals surface area contributed by atoms with Crippen LogP contribution >= 0.6 is 0 Å². The van der Waals surface area contributed by atoms with Gasteiger partial charge >= 0.3 is 5.69 Å². The van der Waals surface area contributed by atoms with Crippen molar-refractivity contribution in [2.45, 2.75) is 38.6 Å². The van der Waals surface area contributed by atoms with Crippen molar-refractivity contribution in [2.75, 3.05) is 32.7 Å². The van der Waals surface area contributed by atoms with Gasteiger partial charge in [-0.3, -0.25) is 9.98 Å². The minimum absolute atomic E-state index is 0.0957. The Morgan fingerprint density at radius 2 is 2.09 bits per heavy atom. The molecule has 182 valence electrons. The number of rotatable bonds is 9. The number of aromatic nitrogens is 3. The van der Waals surface area contributed by atoms with E-state index in [4.69, 9.17) is 16.9 Å². The maximum absolute atomic E-state index is 12.7. The van der Waals surface area contributed by atoms with Gasteiger partial charge in [0.1, 0.15) is 11.5 Å². The fourth-order valence-corrected chi connectivity index (χ4v) is 4.50. The zero-order chi connectivity index (χ0) is 24.2. The molecule has 0 spiro atoms. The minimum Gasteiger partial charge on any atom is -0.370 e. The molecule has 3 heterocycles. The Hall–Kier alpha value is -3.01. The van der Waals surface area contributed by atoms with Gasteiger partial charge in [-0.05, 0) is 69.1 Å². The lowest BCUT2D eigenvalue weighted by molar-refractivity contribution is 0.288. The van der Waals surface area contributed by atoms with Crippen molar-refractivity contribution in [3.8, 4) is 5.69 Å². The van der Waals surface area contributed by atoms with E-state index in [1.165, 1.54) is 0 Å². The molecular formula is C25H36N8O. The Morgan fingerprint density at radius 1 is 1.32 bits per heavy atom. The first kappa shape index (κ1) is 24.1. The fourth-order valence-electron chi connectivity index (χ4n) is 4.50. The van der Waals surface area contributed by atoms with Crippen LogP contribution in [0, 0.1) is 11.3 Å². The third-order valence-electron chi connectivity index (χ3n) is 6.55. The molecule has 1 aliphatic rings. The summed E-state index contributed by atoms with van der Waals surface area (Å²) in [6.07, 6.45) is 3.72. The van der Waals surface area contributed by atoms with Gasteiger partial charge in [0.2, 0.25) is 0 Å². The standard InChI is InChI=1S/C25H36N8O/c1-16(12-26)13-32-10-8-19(14-32)22-11-20-15-33(25(34)31-24(20)30-22)21-5-3-18(4-6-21)23(28)29-9-7-17(2)27/h3-6,11,15-17,19H,7-10,12-14,26-27H2,1-2H3,(H2,28,29)(H,30,31,34)/t16-,17-,19+/m0/s1. The van der Waals surface area contributed by atoms with Crippen LogP contribution in [0.3, 0.4) is 0 Å². The van der Waals surface area contributed by atoms with Gasteiger partial charge in [0, 0.05) is 54.4 Å². The molecule has 0 unspecified atom stereocenters. The molecule has 34 heavy (non-hydrogen) atoms. The van der Waals surface area contributed by atoms with E-state index in [1.54, 1.807) is 4.57 Å². The molecule has 0 bridgehead atoms. The average molecular weight is 465 g/mol. The normalized spacial score (nSPS) is 18.3. The van der Waals surface area contributed by atoms with Crippen LogP contribution in [0.25, 0.3) is 16.7 Å². The topological polar surface area (TPSA) is 142 Å². The van der Waals surface area contributed by atoms with E-state index in [9.17, 15) is 4.79 Å². The second-order valence-corrected chi connectivity index (χ2v) is 9.62. The van der Waals surface area contributed by atoms with E-state index in [0.717, 1.165) is 54.8 Å². The quantitative estimate of drug-likeness (QED) is 0.241. The maximum atomic E-state index is 12.7. The number of fused-ring (bicyclic) bond motifs is 1. The van der Waals surface area contributed by atoms with Crippen LogP contribution in [0.4, 0.5) is 0 Å². The van der Waals surface area contributed by atoms with Gasteiger partial charge in [-0.2, -0.15) is 4.98 Å². The summed E-state index contributed by atoms with van der Waals surface area (Å²) >= 11 is 0. The van der Waals surface area contributed by atoms with E-state index in [2.05, 4.69) is 33.2 Å². The van der Waals surface area contributed by atoms with Crippen molar-refractivity contribution in [3.63, 3.8) is 0 Å². The lowest BCUT2D eigenvalue weighted by atomic mass is 10.1. The Kier molecular flexibility index (Phi) is 7.45. The zero-order valence-corrected chi connectivity index (χ0v) is 20.1. The van der Waals surface area contributed by atoms with Gasteiger partial charge in [0.15, 0.2) is 0 Å². The molecule has 2 aromatic heterocycles. The molecule has 1 saturated heterocycles. The molecule has 1 aliphatic heterocycles. The summed E-state index contributed by atoms with van der Waals surface area (Å²) in [4.78, 5) is 22.9. The SMILES string of the molecule is C[C@@H](CN)CN1CC[C@@H](c2cc3cn(-c4ccc(C(=N)NCC[C@H](C)N)cc4)c(=O)nc3[nH]2)C1. The third-order valence-corrected chi connectivity index (χ3v) is 6.55. The van der Waals surface area contributed by atoms with Gasteiger partial charge in [-0.15, -0.1) is 0 Å². The van der Waals surface area contributed by atoms with Crippen LogP contribution in [0.1, 0.15) is 43.9 Å². The average Bonchev–Trinajstić information content (AvgIpc) is 3.44. The zero-order valence-electron chi connectivity index (χ0n) is 20.1. The summed E-state index contributed by atoms with van der Waals surface area (Å²) in [6.45, 7) is 8.56. The number of likely N-dealkylation sites (tertiary alicyclic amines) is 1. The predicted octanol–water partition coefficient (Wildman–Crippen LogP) is 1.75. The summed E-state index contributed by atoms with van der Waals surface area (Å²) in [5, 5.41) is 12.2. The van der Waals surface area contributed by atoms with Gasteiger partial charge < -0.3 is 26.7 Å². The van der Waals surface area contributed by atoms with Crippen LogP contribution in [0.5, 0.6) is 0 Å². The van der Waals surface area contributed by atoms with Gasteiger partial charge in [0.25, 0.3) is 0 Å². The summed E-state index contributed by atoms with van der Waals surface area (Å²) in [6, 6.07) is 9.57. The number of aromatic amines is 1. The van der Waals surface area contributed by atoms with E-state index >= 15 is 0 Å². The number of amidine groups is 1. The van der Waals surface area contributed by atoms with Crippen LogP contribution in [0.2, 0.25) is 0 Å². The highest BCUT2D eigenvalue weighted by molar-refractivity contribution is 5.96. The largest absolute Gasteiger partial charge is 0.370 e. The van der Waals surface area contributed by atoms with Gasteiger partial charge in [-0.1, -0.05) is 6.92 Å². The molecule has 0 amide bonds. The van der Waals surface area contributed by atoms with Crippen LogP contribution in [-0.4, -0.2) is 64.0 Å². The maximum Gasteiger partial charge on any atom is 0.354 e. The first-order valence-corrected chi connectivity index (χ1v) is 12.1. The first-order chi connectivity index (χ1) is 16.3. The number of nitrogens with two attached hydrogens (primary N) is 2. The molecule has 0 saturated carbocycles. The third kappa shape index (κ3) is 5.55. The highest BCUT2D eigenvalue weighted by Gasteiger charge is 2.26. The van der Waals surface area contributed by atoms with Crippen molar-refractivity contribution in [2.24, 2.45) is 17.4 Å². The number of hydrogen-bond acceptors (Lipinski definition) is 6. The van der Waals surface area contributed by atoms with Crippen LogP contribution < -0.4 is 22.5 Å². The Bertz CT molecular complexity index is 1180. The van der Waals surface area contributed by atoms with Crippen molar-refractivity contribution in [1.29, 1.82) is 5.41 Å². The van der Waals surface area contributed by atoms with E-state index < -0.39 is 0 Å². The first-order valence-electron chi connectivity index (χ1n) is 12.1. The molecular weight excluding hydrogens is 428 g/mol. The van der Waals surface area contributed by atoms with Crippen molar-refractivity contribution in [3.05, 3.63) is 58.3 Å². The number of hydrogen-bond donors (Lipinski definition) is 5. The van der Waals surface area contributed by atoms with Crippen molar-refractivity contribution >= 4 is 16.9 Å². The number of benzene rings is 1. The van der Waals surface area contributed by atoms with Gasteiger partial charge in [-0.25, -0.2) is 4.79 Å². The number of nitrogens with zero attached hydrogens (tertiary/aromatic N) is 3. The Morgan fingerprint density at radius 3 is 2.79 bits per heavy atom. The Labute approximate surface area is 200 Å². The highest BCUT2D eigenvalue weighted by Crippen LogP contribution is 2.29. The Balaban J connectivity index is 1.48. The summed E-state index contributed by atoms with van der Waals surface area (Å²) in [5.41, 5.74) is 14.5. The molecule has 1 aromatic carbocycles. The minimum atomic E-state index is -0.330. The second-order valence-electron chi connectivity index (χ2n) is 9.62. The van der Waals surface area contributed by atoms with Crippen LogP contribution in [-0.2, 0) is 0 Å².